The van der Waals surface area contributed by atoms with Crippen molar-refractivity contribution >= 4 is 29.8 Å². The van der Waals surface area contributed by atoms with Gasteiger partial charge in [0.05, 0.1) is 12.5 Å². The Morgan fingerprint density at radius 3 is 2.15 bits per heavy atom. The molecule has 0 aromatic heterocycles. The molecule has 0 saturated heterocycles. The summed E-state index contributed by atoms with van der Waals surface area (Å²) in [6.07, 6.45) is 24.0. The number of unbranched alkanes of at least 4 members (excludes halogenated alkanes) is 1. The number of esters is 2. The number of nitrogens with zero attached hydrogens (tertiary/aromatic N) is 4. The smallest absolute Gasteiger partial charge is 0.343 e. The standard InChI is InChI=1S/C39H57FN6O6/c1-7-8-9-10-11-12-13-14-15-16-17-18-19-20-21-22-27-34(48)51-30-39(2,3)36(52-35(49)31-25-23-24-26-32(31)50-6)46(40)29-28-33(47)43-37(41)44-38(42)45(4)5/h8-9,11-12,14-15,17-20,23-26,36H,7,10,13,16,21-22,27-30H2,1-6H3,(H4,41,42,43,44,47)/b9-8-,12-11-,15-14-,18-17+,20-19+. The minimum atomic E-state index is -1.57. The minimum absolute atomic E-state index is 0.0269. The van der Waals surface area contributed by atoms with Gasteiger partial charge in [0.1, 0.15) is 17.9 Å². The fraction of sp³-hybridized carbons (Fsp3) is 0.462. The molecule has 1 atom stereocenters. The van der Waals surface area contributed by atoms with Crippen LogP contribution in [0.3, 0.4) is 0 Å². The Morgan fingerprint density at radius 2 is 1.52 bits per heavy atom. The van der Waals surface area contributed by atoms with Gasteiger partial charge in [-0.3, -0.25) is 9.59 Å². The second kappa shape index (κ2) is 25.8. The van der Waals surface area contributed by atoms with Crippen LogP contribution in [-0.2, 0) is 19.1 Å². The fourth-order valence-electron chi connectivity index (χ4n) is 4.31. The molecule has 286 valence electrons. The summed E-state index contributed by atoms with van der Waals surface area (Å²) >= 11 is 0. The number of rotatable bonds is 22. The summed E-state index contributed by atoms with van der Waals surface area (Å²) in [5, 5.41) is 0.195. The van der Waals surface area contributed by atoms with E-state index in [1.54, 1.807) is 46.1 Å². The van der Waals surface area contributed by atoms with Gasteiger partial charge in [-0.15, -0.1) is 9.60 Å². The summed E-state index contributed by atoms with van der Waals surface area (Å²) in [5.41, 5.74) is 10.2. The molecule has 13 heteroatoms. The highest BCUT2D eigenvalue weighted by Crippen LogP contribution is 2.30. The number of benzene rings is 1. The van der Waals surface area contributed by atoms with Crippen molar-refractivity contribution in [3.63, 3.8) is 0 Å². The van der Waals surface area contributed by atoms with Crippen molar-refractivity contribution in [2.24, 2.45) is 26.9 Å². The molecule has 52 heavy (non-hydrogen) atoms. The molecule has 0 heterocycles. The van der Waals surface area contributed by atoms with Crippen LogP contribution in [0.15, 0.2) is 95.0 Å². The van der Waals surface area contributed by atoms with E-state index in [2.05, 4.69) is 59.4 Å². The number of allylic oxidation sites excluding steroid dienone is 10. The van der Waals surface area contributed by atoms with Crippen LogP contribution in [-0.4, -0.2) is 80.4 Å². The zero-order chi connectivity index (χ0) is 38.8. The molecule has 0 fully saturated rings. The molecule has 1 aromatic carbocycles. The summed E-state index contributed by atoms with van der Waals surface area (Å²) in [5.74, 6) is -2.25. The Morgan fingerprint density at radius 1 is 0.904 bits per heavy atom. The number of carbonyl (C=O) groups is 3. The molecule has 0 saturated carbocycles. The number of carbonyl (C=O) groups excluding carboxylic acids is 3. The summed E-state index contributed by atoms with van der Waals surface area (Å²) in [6.45, 7) is 4.49. The zero-order valence-corrected chi connectivity index (χ0v) is 31.5. The van der Waals surface area contributed by atoms with Gasteiger partial charge < -0.3 is 30.6 Å². The number of amides is 1. The summed E-state index contributed by atoms with van der Waals surface area (Å²) in [6, 6.07) is 6.33. The molecule has 0 bridgehead atoms. The maximum atomic E-state index is 15.8. The molecule has 12 nitrogen and oxygen atoms in total. The lowest BCUT2D eigenvalue weighted by atomic mass is 9.91. The van der Waals surface area contributed by atoms with Gasteiger partial charge in [0, 0.05) is 33.5 Å². The van der Waals surface area contributed by atoms with E-state index in [4.69, 9.17) is 25.7 Å². The first-order valence-corrected chi connectivity index (χ1v) is 17.4. The average Bonchev–Trinajstić information content (AvgIpc) is 3.11. The number of methoxy groups -OCH3 is 1. The van der Waals surface area contributed by atoms with Crippen molar-refractivity contribution in [3.8, 4) is 5.75 Å². The van der Waals surface area contributed by atoms with E-state index >= 15 is 4.48 Å². The van der Waals surface area contributed by atoms with Crippen LogP contribution in [0.25, 0.3) is 0 Å². The number of aliphatic imine (C=N–C) groups is 2. The average molecular weight is 725 g/mol. The third-order valence-corrected chi connectivity index (χ3v) is 7.23. The topological polar surface area (TPSA) is 162 Å². The first-order chi connectivity index (χ1) is 24.8. The molecule has 0 aliphatic carbocycles. The maximum absolute atomic E-state index is 15.8. The molecular formula is C39H57FN6O6. The van der Waals surface area contributed by atoms with Crippen molar-refractivity contribution < 1.29 is 33.1 Å². The van der Waals surface area contributed by atoms with Crippen LogP contribution < -0.4 is 16.2 Å². The summed E-state index contributed by atoms with van der Waals surface area (Å²) in [4.78, 5) is 47.1. The normalized spacial score (nSPS) is 13.6. The Hall–Kier alpha value is -5.04. The van der Waals surface area contributed by atoms with E-state index in [0.717, 1.165) is 25.7 Å². The van der Waals surface area contributed by atoms with Crippen LogP contribution in [0.2, 0.25) is 0 Å². The monoisotopic (exact) mass is 724 g/mol. The van der Waals surface area contributed by atoms with Gasteiger partial charge in [0.25, 0.3) is 0 Å². The zero-order valence-electron chi connectivity index (χ0n) is 31.5. The molecule has 0 aliphatic rings. The molecule has 0 spiro atoms. The van der Waals surface area contributed by atoms with Crippen LogP contribution in [0.4, 0.5) is 4.48 Å². The molecule has 0 radical (unpaired) electrons. The Labute approximate surface area is 308 Å². The molecule has 1 aromatic rings. The van der Waals surface area contributed by atoms with Crippen molar-refractivity contribution in [1.29, 1.82) is 0 Å². The Balaban J connectivity index is 2.75. The van der Waals surface area contributed by atoms with E-state index in [1.165, 1.54) is 18.1 Å². The number of guanidine groups is 2. The highest BCUT2D eigenvalue weighted by atomic mass is 19.2. The summed E-state index contributed by atoms with van der Waals surface area (Å²) in [7, 11) is 4.66. The van der Waals surface area contributed by atoms with Crippen molar-refractivity contribution in [3.05, 3.63) is 90.6 Å². The second-order valence-corrected chi connectivity index (χ2v) is 12.5. The van der Waals surface area contributed by atoms with Gasteiger partial charge in [0.15, 0.2) is 12.2 Å². The molecular weight excluding hydrogens is 667 g/mol. The largest absolute Gasteiger partial charge is 0.496 e. The van der Waals surface area contributed by atoms with E-state index in [0.29, 0.717) is 12.8 Å². The highest BCUT2D eigenvalue weighted by molar-refractivity contribution is 5.99. The van der Waals surface area contributed by atoms with Crippen molar-refractivity contribution in [2.45, 2.75) is 78.4 Å². The summed E-state index contributed by atoms with van der Waals surface area (Å²) < 4.78 is 32.1. The van der Waals surface area contributed by atoms with Gasteiger partial charge >= 0.3 is 11.9 Å². The maximum Gasteiger partial charge on any atom is 0.343 e. The van der Waals surface area contributed by atoms with E-state index < -0.39 is 48.4 Å². The molecule has 0 aliphatic heterocycles. The number of hydrogen-bond acceptors (Lipinski definition) is 7. The van der Waals surface area contributed by atoms with Crippen LogP contribution in [0.1, 0.15) is 82.5 Å². The van der Waals surface area contributed by atoms with Crippen LogP contribution in [0.5, 0.6) is 5.75 Å². The van der Waals surface area contributed by atoms with Crippen molar-refractivity contribution in [2.75, 3.05) is 34.4 Å². The molecule has 1 amide bonds. The SMILES string of the molecule is CC/C=C\C/C=C\C/C=C\C/C=C/C=C/CCCC(=O)OCC(C)(C)C(OC(=O)c1ccccc1OC)N(F)CCC(=O)N=C(N)N=C(N)N(C)C. The Bertz CT molecular complexity index is 1460. The Kier molecular flexibility index (Phi) is 22.4. The lowest BCUT2D eigenvalue weighted by Gasteiger charge is -2.36. The van der Waals surface area contributed by atoms with Crippen molar-refractivity contribution in [1.82, 2.24) is 10.0 Å². The lowest BCUT2D eigenvalue weighted by Crippen LogP contribution is -2.47. The highest BCUT2D eigenvalue weighted by Gasteiger charge is 2.40. The molecule has 4 N–H and O–H groups in total. The quantitative estimate of drug-likeness (QED) is 0.0195. The number of para-hydroxylation sites is 1. The third kappa shape index (κ3) is 19.4. The number of halogens is 1. The first kappa shape index (κ1) is 45.0. The van der Waals surface area contributed by atoms with Gasteiger partial charge in [0.2, 0.25) is 11.9 Å². The van der Waals surface area contributed by atoms with E-state index in [1.807, 2.05) is 18.2 Å². The number of hydrogen-bond donors (Lipinski definition) is 2. The van der Waals surface area contributed by atoms with Gasteiger partial charge in [-0.05, 0) is 50.7 Å². The van der Waals surface area contributed by atoms with Gasteiger partial charge in [-0.2, -0.15) is 9.98 Å². The van der Waals surface area contributed by atoms with Gasteiger partial charge in [-0.1, -0.05) is 93.7 Å². The number of nitrogens with two attached hydrogens (primary N) is 2. The van der Waals surface area contributed by atoms with Crippen LogP contribution >= 0.6 is 0 Å². The molecule has 1 rings (SSSR count). The second-order valence-electron chi connectivity index (χ2n) is 12.5. The lowest BCUT2D eigenvalue weighted by molar-refractivity contribution is -0.191. The minimum Gasteiger partial charge on any atom is -0.496 e. The third-order valence-electron chi connectivity index (χ3n) is 7.23. The molecule has 1 unspecified atom stereocenters. The van der Waals surface area contributed by atoms with E-state index in [9.17, 15) is 14.4 Å². The fourth-order valence-corrected chi connectivity index (χ4v) is 4.31. The first-order valence-electron chi connectivity index (χ1n) is 17.4. The predicted octanol–water partition coefficient (Wildman–Crippen LogP) is 6.57. The number of ether oxygens (including phenoxy) is 3. The van der Waals surface area contributed by atoms with E-state index in [-0.39, 0.29) is 35.4 Å². The predicted molar refractivity (Wildman–Crippen MR) is 205 cm³/mol. The van der Waals surface area contributed by atoms with Crippen LogP contribution in [0, 0.1) is 5.41 Å². The van der Waals surface area contributed by atoms with Gasteiger partial charge in [-0.25, -0.2) is 4.79 Å².